The number of hydrogen-bond donors (Lipinski definition) is 1. The van der Waals surface area contributed by atoms with Crippen molar-refractivity contribution < 1.29 is 0 Å². The standard InChI is InChI=1S/C14H18N2/c1-12(2)8-9-16-11-14(10-15)13-6-4-3-5-7-13/h3-8,14,16H,9,11H2,1-2H3. The zero-order valence-electron chi connectivity index (χ0n) is 9.90. The molecule has 0 saturated carbocycles. The van der Waals surface area contributed by atoms with E-state index in [1.807, 2.05) is 30.3 Å². The molecule has 0 aliphatic heterocycles. The van der Waals surface area contributed by atoms with E-state index in [2.05, 4.69) is 31.3 Å². The Morgan fingerprint density at radius 3 is 2.62 bits per heavy atom. The van der Waals surface area contributed by atoms with E-state index in [1.54, 1.807) is 0 Å². The second kappa shape index (κ2) is 6.81. The quantitative estimate of drug-likeness (QED) is 0.604. The lowest BCUT2D eigenvalue weighted by atomic mass is 10.0. The van der Waals surface area contributed by atoms with Gasteiger partial charge in [-0.05, 0) is 19.4 Å². The van der Waals surface area contributed by atoms with Crippen molar-refractivity contribution in [3.8, 4) is 6.07 Å². The summed E-state index contributed by atoms with van der Waals surface area (Å²) in [6.07, 6.45) is 2.12. The van der Waals surface area contributed by atoms with Crippen LogP contribution in [0.1, 0.15) is 25.3 Å². The van der Waals surface area contributed by atoms with E-state index in [-0.39, 0.29) is 5.92 Å². The third kappa shape index (κ3) is 4.29. The normalized spacial score (nSPS) is 11.6. The maximum Gasteiger partial charge on any atom is 0.0837 e. The third-order valence-corrected chi connectivity index (χ3v) is 2.36. The molecule has 1 N–H and O–H groups in total. The van der Waals surface area contributed by atoms with Gasteiger partial charge in [0.05, 0.1) is 12.0 Å². The van der Waals surface area contributed by atoms with E-state index in [1.165, 1.54) is 5.57 Å². The van der Waals surface area contributed by atoms with Gasteiger partial charge in [-0.3, -0.25) is 0 Å². The Kier molecular flexibility index (Phi) is 5.31. The van der Waals surface area contributed by atoms with E-state index >= 15 is 0 Å². The second-order valence-electron chi connectivity index (χ2n) is 4.03. The average molecular weight is 214 g/mol. The van der Waals surface area contributed by atoms with Crippen molar-refractivity contribution in [2.24, 2.45) is 0 Å². The first-order valence-electron chi connectivity index (χ1n) is 5.52. The molecule has 16 heavy (non-hydrogen) atoms. The Morgan fingerprint density at radius 2 is 2.06 bits per heavy atom. The molecule has 1 aromatic rings. The molecule has 0 radical (unpaired) electrons. The third-order valence-electron chi connectivity index (χ3n) is 2.36. The van der Waals surface area contributed by atoms with Crippen molar-refractivity contribution >= 4 is 0 Å². The van der Waals surface area contributed by atoms with Crippen LogP contribution in [0.5, 0.6) is 0 Å². The van der Waals surface area contributed by atoms with Crippen LogP contribution >= 0.6 is 0 Å². The summed E-state index contributed by atoms with van der Waals surface area (Å²) >= 11 is 0. The van der Waals surface area contributed by atoms with Crippen molar-refractivity contribution in [2.75, 3.05) is 13.1 Å². The van der Waals surface area contributed by atoms with Crippen molar-refractivity contribution in [2.45, 2.75) is 19.8 Å². The molecule has 0 bridgehead atoms. The van der Waals surface area contributed by atoms with Gasteiger partial charge in [-0.2, -0.15) is 5.26 Å². The van der Waals surface area contributed by atoms with Crippen LogP contribution in [-0.2, 0) is 0 Å². The minimum absolute atomic E-state index is 0.0632. The molecule has 2 heteroatoms. The molecule has 2 nitrogen and oxygen atoms in total. The first kappa shape index (κ1) is 12.5. The molecular weight excluding hydrogens is 196 g/mol. The number of nitrogens with zero attached hydrogens (tertiary/aromatic N) is 1. The lowest BCUT2D eigenvalue weighted by molar-refractivity contribution is 0.696. The summed E-state index contributed by atoms with van der Waals surface area (Å²) in [5.74, 6) is -0.0632. The van der Waals surface area contributed by atoms with Gasteiger partial charge in [-0.15, -0.1) is 0 Å². The Morgan fingerprint density at radius 1 is 1.38 bits per heavy atom. The molecule has 0 amide bonds. The minimum Gasteiger partial charge on any atom is -0.312 e. The van der Waals surface area contributed by atoms with E-state index in [9.17, 15) is 0 Å². The lowest BCUT2D eigenvalue weighted by Gasteiger charge is -2.09. The van der Waals surface area contributed by atoms with E-state index in [0.717, 1.165) is 12.1 Å². The highest BCUT2D eigenvalue weighted by molar-refractivity contribution is 5.25. The molecule has 0 spiro atoms. The van der Waals surface area contributed by atoms with Gasteiger partial charge in [-0.1, -0.05) is 42.0 Å². The number of hydrogen-bond acceptors (Lipinski definition) is 2. The molecule has 0 saturated heterocycles. The summed E-state index contributed by atoms with van der Waals surface area (Å²) in [6.45, 7) is 5.67. The van der Waals surface area contributed by atoms with Crippen LogP contribution in [0.2, 0.25) is 0 Å². The van der Waals surface area contributed by atoms with Crippen LogP contribution in [0.15, 0.2) is 42.0 Å². The molecular formula is C14H18N2. The maximum absolute atomic E-state index is 9.08. The highest BCUT2D eigenvalue weighted by Gasteiger charge is 2.08. The predicted octanol–water partition coefficient (Wildman–Crippen LogP) is 2.85. The number of allylic oxidation sites excluding steroid dienone is 1. The zero-order chi connectivity index (χ0) is 11.8. The molecule has 84 valence electrons. The van der Waals surface area contributed by atoms with Crippen LogP contribution in [0, 0.1) is 11.3 Å². The first-order chi connectivity index (χ1) is 7.74. The van der Waals surface area contributed by atoms with Gasteiger partial charge in [0, 0.05) is 13.1 Å². The lowest BCUT2D eigenvalue weighted by Crippen LogP contribution is -2.21. The molecule has 1 rings (SSSR count). The summed E-state index contributed by atoms with van der Waals surface area (Å²) < 4.78 is 0. The van der Waals surface area contributed by atoms with Gasteiger partial charge in [0.15, 0.2) is 0 Å². The maximum atomic E-state index is 9.08. The summed E-state index contributed by atoms with van der Waals surface area (Å²) in [4.78, 5) is 0. The van der Waals surface area contributed by atoms with E-state index in [0.29, 0.717) is 6.54 Å². The summed E-state index contributed by atoms with van der Waals surface area (Å²) in [7, 11) is 0. The molecule has 1 unspecified atom stereocenters. The van der Waals surface area contributed by atoms with E-state index in [4.69, 9.17) is 5.26 Å². The molecule has 0 aromatic heterocycles. The number of benzene rings is 1. The molecule has 0 aliphatic rings. The Bertz CT molecular complexity index is 369. The summed E-state index contributed by atoms with van der Waals surface area (Å²) in [5, 5.41) is 12.3. The number of nitrogens with one attached hydrogen (secondary N) is 1. The molecule has 1 atom stereocenters. The fraction of sp³-hybridized carbons (Fsp3) is 0.357. The van der Waals surface area contributed by atoms with Crippen LogP contribution in [0.3, 0.4) is 0 Å². The number of nitriles is 1. The summed E-state index contributed by atoms with van der Waals surface area (Å²) in [6, 6.07) is 12.2. The van der Waals surface area contributed by atoms with Gasteiger partial charge in [0.1, 0.15) is 0 Å². The van der Waals surface area contributed by atoms with Crippen molar-refractivity contribution in [1.82, 2.24) is 5.32 Å². The molecule has 0 aliphatic carbocycles. The fourth-order valence-corrected chi connectivity index (χ4v) is 1.43. The van der Waals surface area contributed by atoms with Crippen LogP contribution in [0.25, 0.3) is 0 Å². The Balaban J connectivity index is 2.46. The summed E-state index contributed by atoms with van der Waals surface area (Å²) in [5.41, 5.74) is 2.37. The number of rotatable bonds is 5. The Labute approximate surface area is 97.6 Å². The monoisotopic (exact) mass is 214 g/mol. The van der Waals surface area contributed by atoms with Crippen LogP contribution in [-0.4, -0.2) is 13.1 Å². The van der Waals surface area contributed by atoms with Crippen molar-refractivity contribution in [3.63, 3.8) is 0 Å². The average Bonchev–Trinajstić information content (AvgIpc) is 2.30. The van der Waals surface area contributed by atoms with Gasteiger partial charge in [0.2, 0.25) is 0 Å². The molecule has 0 heterocycles. The van der Waals surface area contributed by atoms with Crippen molar-refractivity contribution in [1.29, 1.82) is 5.26 Å². The van der Waals surface area contributed by atoms with Gasteiger partial charge >= 0.3 is 0 Å². The largest absolute Gasteiger partial charge is 0.312 e. The zero-order valence-corrected chi connectivity index (χ0v) is 9.90. The Hall–Kier alpha value is -1.59. The smallest absolute Gasteiger partial charge is 0.0837 e. The highest BCUT2D eigenvalue weighted by Crippen LogP contribution is 2.12. The van der Waals surface area contributed by atoms with Gasteiger partial charge in [0.25, 0.3) is 0 Å². The molecule has 1 aromatic carbocycles. The van der Waals surface area contributed by atoms with Crippen LogP contribution in [0.4, 0.5) is 0 Å². The van der Waals surface area contributed by atoms with Crippen LogP contribution < -0.4 is 5.32 Å². The SMILES string of the molecule is CC(C)=CCNCC(C#N)c1ccccc1. The van der Waals surface area contributed by atoms with Gasteiger partial charge < -0.3 is 5.32 Å². The highest BCUT2D eigenvalue weighted by atomic mass is 14.8. The second-order valence-corrected chi connectivity index (χ2v) is 4.03. The van der Waals surface area contributed by atoms with Crippen molar-refractivity contribution in [3.05, 3.63) is 47.5 Å². The topological polar surface area (TPSA) is 35.8 Å². The van der Waals surface area contributed by atoms with Gasteiger partial charge in [-0.25, -0.2) is 0 Å². The minimum atomic E-state index is -0.0632. The fourth-order valence-electron chi connectivity index (χ4n) is 1.43. The molecule has 0 fully saturated rings. The first-order valence-corrected chi connectivity index (χ1v) is 5.52. The predicted molar refractivity (Wildman–Crippen MR) is 67.1 cm³/mol. The van der Waals surface area contributed by atoms with E-state index < -0.39 is 0 Å².